The second-order valence-corrected chi connectivity index (χ2v) is 3.34. The Balaban J connectivity index is 2.22. The van der Waals surface area contributed by atoms with Crippen LogP contribution in [-0.4, -0.2) is 6.29 Å². The third-order valence-electron chi connectivity index (χ3n) is 2.52. The van der Waals surface area contributed by atoms with Gasteiger partial charge in [-0.05, 0) is 25.2 Å². The minimum atomic E-state index is 0.662. The molecule has 1 fully saturated rings. The largest absolute Gasteiger partial charge is 0.303 e. The van der Waals surface area contributed by atoms with Crippen molar-refractivity contribution in [3.05, 3.63) is 12.2 Å². The van der Waals surface area contributed by atoms with Crippen molar-refractivity contribution in [1.82, 2.24) is 0 Å². The van der Waals surface area contributed by atoms with Gasteiger partial charge >= 0.3 is 0 Å². The van der Waals surface area contributed by atoms with Gasteiger partial charge in [0, 0.05) is 6.42 Å². The van der Waals surface area contributed by atoms with Gasteiger partial charge < -0.3 is 4.79 Å². The molecule has 1 rings (SSSR count). The predicted octanol–water partition coefficient (Wildman–Crippen LogP) is 2.71. The van der Waals surface area contributed by atoms with Crippen molar-refractivity contribution >= 4 is 6.29 Å². The molecule has 0 heterocycles. The molecule has 1 nitrogen and oxygen atoms in total. The number of carbonyl (C=O) groups is 1. The van der Waals surface area contributed by atoms with Crippen LogP contribution in [0.3, 0.4) is 0 Å². The molecule has 0 aromatic rings. The van der Waals surface area contributed by atoms with Crippen molar-refractivity contribution in [2.45, 2.75) is 38.5 Å². The molecule has 0 aliphatic heterocycles. The third-order valence-corrected chi connectivity index (χ3v) is 2.52. The Labute approximate surface area is 68.5 Å². The van der Waals surface area contributed by atoms with E-state index < -0.39 is 0 Å². The molecule has 0 radical (unpaired) electrons. The first-order valence-electron chi connectivity index (χ1n) is 4.46. The van der Waals surface area contributed by atoms with E-state index in [2.05, 4.69) is 6.58 Å². The van der Waals surface area contributed by atoms with E-state index in [4.69, 9.17) is 0 Å². The average Bonchev–Trinajstić information content (AvgIpc) is 2.52. The third kappa shape index (κ3) is 2.49. The molecule has 0 spiro atoms. The van der Waals surface area contributed by atoms with Crippen LogP contribution in [0.15, 0.2) is 12.2 Å². The second-order valence-electron chi connectivity index (χ2n) is 3.34. The van der Waals surface area contributed by atoms with Crippen LogP contribution in [0.2, 0.25) is 0 Å². The van der Waals surface area contributed by atoms with Gasteiger partial charge in [-0.15, -0.1) is 0 Å². The van der Waals surface area contributed by atoms with Crippen LogP contribution in [0.4, 0.5) is 0 Å². The molecule has 0 N–H and O–H groups in total. The zero-order valence-electron chi connectivity index (χ0n) is 7.01. The molecular formula is C10H16O. The minimum absolute atomic E-state index is 0.662. The van der Waals surface area contributed by atoms with Crippen LogP contribution in [0.1, 0.15) is 38.5 Å². The Kier molecular flexibility index (Phi) is 3.34. The molecule has 0 unspecified atom stereocenters. The first-order chi connectivity index (χ1) is 5.34. The highest BCUT2D eigenvalue weighted by Crippen LogP contribution is 2.31. The first-order valence-corrected chi connectivity index (χ1v) is 4.46. The SMILES string of the molecule is C=C(CCC=O)C1CCCC1. The standard InChI is InChI=1S/C10H16O/c1-9(5-4-8-11)10-6-2-3-7-10/h8,10H,1-7H2. The van der Waals surface area contributed by atoms with Crippen LogP contribution in [-0.2, 0) is 4.79 Å². The summed E-state index contributed by atoms with van der Waals surface area (Å²) in [6.45, 7) is 4.02. The Morgan fingerprint density at radius 1 is 1.45 bits per heavy atom. The Morgan fingerprint density at radius 3 is 2.64 bits per heavy atom. The van der Waals surface area contributed by atoms with Gasteiger partial charge in [0.25, 0.3) is 0 Å². The highest BCUT2D eigenvalue weighted by atomic mass is 16.1. The van der Waals surface area contributed by atoms with Crippen molar-refractivity contribution in [3.8, 4) is 0 Å². The maximum atomic E-state index is 10.1. The van der Waals surface area contributed by atoms with Crippen molar-refractivity contribution in [3.63, 3.8) is 0 Å². The first kappa shape index (κ1) is 8.51. The molecule has 1 aliphatic rings. The van der Waals surface area contributed by atoms with Gasteiger partial charge in [-0.3, -0.25) is 0 Å². The number of hydrogen-bond acceptors (Lipinski definition) is 1. The van der Waals surface area contributed by atoms with Gasteiger partial charge in [-0.25, -0.2) is 0 Å². The monoisotopic (exact) mass is 152 g/mol. The van der Waals surface area contributed by atoms with E-state index >= 15 is 0 Å². The second kappa shape index (κ2) is 4.32. The molecule has 0 aromatic carbocycles. The highest BCUT2D eigenvalue weighted by Gasteiger charge is 2.16. The van der Waals surface area contributed by atoms with Gasteiger partial charge in [0.15, 0.2) is 0 Å². The van der Waals surface area contributed by atoms with Crippen molar-refractivity contribution in [2.24, 2.45) is 5.92 Å². The van der Waals surface area contributed by atoms with Crippen molar-refractivity contribution in [2.75, 3.05) is 0 Å². The quantitative estimate of drug-likeness (QED) is 0.447. The van der Waals surface area contributed by atoms with E-state index in [0.29, 0.717) is 6.42 Å². The summed E-state index contributed by atoms with van der Waals surface area (Å²) < 4.78 is 0. The maximum absolute atomic E-state index is 10.1. The summed E-state index contributed by atoms with van der Waals surface area (Å²) >= 11 is 0. The molecule has 1 heteroatoms. The van der Waals surface area contributed by atoms with Crippen LogP contribution in [0.25, 0.3) is 0 Å². The zero-order chi connectivity index (χ0) is 8.10. The summed E-state index contributed by atoms with van der Waals surface area (Å²) in [5, 5.41) is 0. The van der Waals surface area contributed by atoms with Gasteiger partial charge in [0.2, 0.25) is 0 Å². The van der Waals surface area contributed by atoms with E-state index in [9.17, 15) is 4.79 Å². The summed E-state index contributed by atoms with van der Waals surface area (Å²) in [6, 6.07) is 0. The Bertz CT molecular complexity index is 143. The lowest BCUT2D eigenvalue weighted by Crippen LogP contribution is -1.97. The fraction of sp³-hybridized carbons (Fsp3) is 0.700. The molecule has 62 valence electrons. The average molecular weight is 152 g/mol. The maximum Gasteiger partial charge on any atom is 0.120 e. The molecule has 1 aliphatic carbocycles. The molecule has 0 bridgehead atoms. The van der Waals surface area contributed by atoms with Gasteiger partial charge in [0.05, 0.1) is 0 Å². The number of hydrogen-bond donors (Lipinski definition) is 0. The van der Waals surface area contributed by atoms with E-state index in [-0.39, 0.29) is 0 Å². The van der Waals surface area contributed by atoms with Gasteiger partial charge in [-0.1, -0.05) is 25.0 Å². The molecule has 0 saturated heterocycles. The molecule has 0 atom stereocenters. The Hall–Kier alpha value is -0.590. The topological polar surface area (TPSA) is 17.1 Å². The predicted molar refractivity (Wildman–Crippen MR) is 46.4 cm³/mol. The molecule has 0 amide bonds. The zero-order valence-corrected chi connectivity index (χ0v) is 7.01. The van der Waals surface area contributed by atoms with E-state index in [1.54, 1.807) is 0 Å². The Morgan fingerprint density at radius 2 is 2.09 bits per heavy atom. The fourth-order valence-corrected chi connectivity index (χ4v) is 1.78. The molecular weight excluding hydrogens is 136 g/mol. The van der Waals surface area contributed by atoms with Crippen molar-refractivity contribution in [1.29, 1.82) is 0 Å². The van der Waals surface area contributed by atoms with E-state index in [1.165, 1.54) is 31.3 Å². The lowest BCUT2D eigenvalue weighted by Gasteiger charge is -2.10. The summed E-state index contributed by atoms with van der Waals surface area (Å²) in [6.07, 6.45) is 7.87. The van der Waals surface area contributed by atoms with Gasteiger partial charge in [-0.2, -0.15) is 0 Å². The summed E-state index contributed by atoms with van der Waals surface area (Å²) in [5.74, 6) is 0.731. The van der Waals surface area contributed by atoms with Gasteiger partial charge in [0.1, 0.15) is 6.29 Å². The number of carbonyl (C=O) groups excluding carboxylic acids is 1. The minimum Gasteiger partial charge on any atom is -0.303 e. The normalized spacial score (nSPS) is 18.5. The number of rotatable bonds is 4. The summed E-state index contributed by atoms with van der Waals surface area (Å²) in [7, 11) is 0. The smallest absolute Gasteiger partial charge is 0.120 e. The van der Waals surface area contributed by atoms with Crippen LogP contribution in [0.5, 0.6) is 0 Å². The number of allylic oxidation sites excluding steroid dienone is 1. The molecule has 11 heavy (non-hydrogen) atoms. The summed E-state index contributed by atoms with van der Waals surface area (Å²) in [4.78, 5) is 10.1. The van der Waals surface area contributed by atoms with E-state index in [0.717, 1.165) is 18.6 Å². The lowest BCUT2D eigenvalue weighted by molar-refractivity contribution is -0.107. The molecule has 0 aromatic heterocycles. The van der Waals surface area contributed by atoms with Crippen LogP contribution >= 0.6 is 0 Å². The fourth-order valence-electron chi connectivity index (χ4n) is 1.78. The van der Waals surface area contributed by atoms with Crippen molar-refractivity contribution < 1.29 is 4.79 Å². The highest BCUT2D eigenvalue weighted by molar-refractivity contribution is 5.49. The molecule has 1 saturated carbocycles. The number of aldehydes is 1. The summed E-state index contributed by atoms with van der Waals surface area (Å²) in [5.41, 5.74) is 1.30. The van der Waals surface area contributed by atoms with E-state index in [1.807, 2.05) is 0 Å². The lowest BCUT2D eigenvalue weighted by atomic mass is 9.95. The van der Waals surface area contributed by atoms with Crippen LogP contribution < -0.4 is 0 Å². The van der Waals surface area contributed by atoms with Crippen LogP contribution in [0, 0.1) is 5.92 Å².